The first kappa shape index (κ1) is 20.2. The van der Waals surface area contributed by atoms with Crippen LogP contribution in [0.2, 0.25) is 0 Å². The highest BCUT2D eigenvalue weighted by Crippen LogP contribution is 2.23. The maximum atomic E-state index is 5.84. The molecule has 5 heteroatoms. The highest BCUT2D eigenvalue weighted by atomic mass is 16.5. The summed E-state index contributed by atoms with van der Waals surface area (Å²) in [5.74, 6) is 1.72. The van der Waals surface area contributed by atoms with Crippen LogP contribution < -0.4 is 10.6 Å². The highest BCUT2D eigenvalue weighted by Gasteiger charge is 2.29. The van der Waals surface area contributed by atoms with Gasteiger partial charge in [0.1, 0.15) is 0 Å². The van der Waals surface area contributed by atoms with Gasteiger partial charge in [-0.3, -0.25) is 9.89 Å². The van der Waals surface area contributed by atoms with Crippen molar-refractivity contribution in [1.29, 1.82) is 0 Å². The molecule has 3 rings (SSSR count). The molecule has 1 unspecified atom stereocenters. The molecule has 0 spiro atoms. The molecule has 2 aliphatic heterocycles. The van der Waals surface area contributed by atoms with Gasteiger partial charge in [0.05, 0.1) is 5.60 Å². The van der Waals surface area contributed by atoms with Crippen LogP contribution in [0.15, 0.2) is 29.3 Å². The predicted octanol–water partition coefficient (Wildman–Crippen LogP) is 3.15. The minimum atomic E-state index is -0.0660. The zero-order chi connectivity index (χ0) is 19.1. The topological polar surface area (TPSA) is 48.9 Å². The third-order valence-corrected chi connectivity index (χ3v) is 5.89. The monoisotopic (exact) mass is 372 g/mol. The summed E-state index contributed by atoms with van der Waals surface area (Å²) in [7, 11) is 1.82. The van der Waals surface area contributed by atoms with Gasteiger partial charge in [-0.1, -0.05) is 31.2 Å². The number of benzene rings is 1. The van der Waals surface area contributed by atoms with Crippen molar-refractivity contribution in [2.24, 2.45) is 10.9 Å². The smallest absolute Gasteiger partial charge is 0.191 e. The molecule has 0 radical (unpaired) electrons. The zero-order valence-electron chi connectivity index (χ0n) is 17.3. The Morgan fingerprint density at radius 1 is 1.26 bits per heavy atom. The van der Waals surface area contributed by atoms with Crippen LogP contribution in [0.5, 0.6) is 0 Å². The van der Waals surface area contributed by atoms with Crippen LogP contribution in [0.3, 0.4) is 0 Å². The van der Waals surface area contributed by atoms with Crippen molar-refractivity contribution >= 4 is 5.96 Å². The Morgan fingerprint density at radius 2 is 2.04 bits per heavy atom. The van der Waals surface area contributed by atoms with Gasteiger partial charge in [-0.05, 0) is 62.7 Å². The van der Waals surface area contributed by atoms with Crippen LogP contribution in [0.25, 0.3) is 0 Å². The first-order chi connectivity index (χ1) is 13.1. The van der Waals surface area contributed by atoms with Gasteiger partial charge in [0.15, 0.2) is 5.96 Å². The lowest BCUT2D eigenvalue weighted by atomic mass is 9.98. The Kier molecular flexibility index (Phi) is 7.13. The molecule has 0 aromatic heterocycles. The van der Waals surface area contributed by atoms with E-state index >= 15 is 0 Å². The van der Waals surface area contributed by atoms with Crippen LogP contribution in [-0.2, 0) is 17.8 Å². The fourth-order valence-corrected chi connectivity index (χ4v) is 3.97. The van der Waals surface area contributed by atoms with E-state index in [0.717, 1.165) is 51.0 Å². The summed E-state index contributed by atoms with van der Waals surface area (Å²) in [4.78, 5) is 6.93. The quantitative estimate of drug-likeness (QED) is 0.595. The second-order valence-electron chi connectivity index (χ2n) is 8.46. The number of hydrogen-bond acceptors (Lipinski definition) is 3. The van der Waals surface area contributed by atoms with Crippen molar-refractivity contribution in [2.75, 3.05) is 33.3 Å². The summed E-state index contributed by atoms with van der Waals surface area (Å²) in [5.41, 5.74) is 2.63. The van der Waals surface area contributed by atoms with E-state index in [1.54, 1.807) is 0 Å². The van der Waals surface area contributed by atoms with Crippen LogP contribution in [0.1, 0.15) is 50.7 Å². The van der Waals surface area contributed by atoms with Gasteiger partial charge in [-0.15, -0.1) is 0 Å². The second kappa shape index (κ2) is 9.56. The average molecular weight is 373 g/mol. The van der Waals surface area contributed by atoms with Crippen LogP contribution in [-0.4, -0.2) is 49.7 Å². The van der Waals surface area contributed by atoms with Crippen molar-refractivity contribution in [3.8, 4) is 0 Å². The summed E-state index contributed by atoms with van der Waals surface area (Å²) < 4.78 is 5.84. The lowest BCUT2D eigenvalue weighted by molar-refractivity contribution is 0.0243. The Morgan fingerprint density at radius 3 is 2.74 bits per heavy atom. The van der Waals surface area contributed by atoms with Crippen molar-refractivity contribution < 1.29 is 4.74 Å². The van der Waals surface area contributed by atoms with E-state index in [0.29, 0.717) is 0 Å². The zero-order valence-corrected chi connectivity index (χ0v) is 17.3. The van der Waals surface area contributed by atoms with E-state index in [2.05, 4.69) is 58.6 Å². The van der Waals surface area contributed by atoms with E-state index in [-0.39, 0.29) is 5.60 Å². The number of aliphatic imine (C=N–C) groups is 1. The summed E-state index contributed by atoms with van der Waals surface area (Å²) in [6, 6.07) is 8.92. The molecule has 0 saturated carbocycles. The Labute approximate surface area is 164 Å². The molecule has 0 aliphatic carbocycles. The number of likely N-dealkylation sites (tertiary alicyclic amines) is 1. The third kappa shape index (κ3) is 6.22. The highest BCUT2D eigenvalue weighted by molar-refractivity contribution is 5.79. The Balaban J connectivity index is 1.47. The fourth-order valence-electron chi connectivity index (χ4n) is 3.97. The first-order valence-corrected chi connectivity index (χ1v) is 10.4. The predicted molar refractivity (Wildman–Crippen MR) is 112 cm³/mol. The van der Waals surface area contributed by atoms with Crippen molar-refractivity contribution in [3.05, 3.63) is 35.4 Å². The maximum Gasteiger partial charge on any atom is 0.191 e. The molecular weight excluding hydrogens is 336 g/mol. The molecule has 150 valence electrons. The molecule has 2 heterocycles. The normalized spacial score (nSPS) is 24.9. The van der Waals surface area contributed by atoms with Gasteiger partial charge in [-0.25, -0.2) is 0 Å². The summed E-state index contributed by atoms with van der Waals surface area (Å²) >= 11 is 0. The molecule has 2 aliphatic rings. The minimum absolute atomic E-state index is 0.0660. The standard InChI is InChI=1S/C22H36N4O/c1-18-8-11-26(12-9-18)16-20-7-4-6-19(14-20)15-24-21(23-3)25-17-22(2)10-5-13-27-22/h4,6-7,14,18H,5,8-13,15-17H2,1-3H3,(H2,23,24,25). The number of nitrogens with one attached hydrogen (secondary N) is 2. The van der Waals surface area contributed by atoms with Crippen molar-refractivity contribution in [3.63, 3.8) is 0 Å². The molecular formula is C22H36N4O. The maximum absolute atomic E-state index is 5.84. The van der Waals surface area contributed by atoms with Crippen molar-refractivity contribution in [2.45, 2.75) is 58.2 Å². The molecule has 1 aromatic rings. The second-order valence-corrected chi connectivity index (χ2v) is 8.46. The molecule has 2 saturated heterocycles. The van der Waals surface area contributed by atoms with E-state index in [9.17, 15) is 0 Å². The van der Waals surface area contributed by atoms with E-state index in [1.807, 2.05) is 7.05 Å². The van der Waals surface area contributed by atoms with Gasteiger partial charge >= 0.3 is 0 Å². The first-order valence-electron chi connectivity index (χ1n) is 10.4. The SMILES string of the molecule is CN=C(NCc1cccc(CN2CCC(C)CC2)c1)NCC1(C)CCCO1. The van der Waals surface area contributed by atoms with Crippen molar-refractivity contribution in [1.82, 2.24) is 15.5 Å². The molecule has 0 amide bonds. The van der Waals surface area contributed by atoms with Gasteiger partial charge in [0.2, 0.25) is 0 Å². The Hall–Kier alpha value is -1.59. The van der Waals surface area contributed by atoms with E-state index in [4.69, 9.17) is 4.74 Å². The molecule has 27 heavy (non-hydrogen) atoms. The van der Waals surface area contributed by atoms with Gasteiger partial charge in [-0.2, -0.15) is 0 Å². The fraction of sp³-hybridized carbons (Fsp3) is 0.682. The summed E-state index contributed by atoms with van der Waals surface area (Å²) in [6.07, 6.45) is 4.90. The van der Waals surface area contributed by atoms with E-state index in [1.165, 1.54) is 37.1 Å². The number of piperidine rings is 1. The van der Waals surface area contributed by atoms with E-state index < -0.39 is 0 Å². The molecule has 1 aromatic carbocycles. The molecule has 2 fully saturated rings. The lowest BCUT2D eigenvalue weighted by Crippen LogP contribution is -2.45. The average Bonchev–Trinajstić information content (AvgIpc) is 3.11. The van der Waals surface area contributed by atoms with Gasteiger partial charge in [0, 0.05) is 33.3 Å². The molecule has 1 atom stereocenters. The van der Waals surface area contributed by atoms with Crippen LogP contribution in [0, 0.1) is 5.92 Å². The number of guanidine groups is 1. The largest absolute Gasteiger partial charge is 0.373 e. The summed E-state index contributed by atoms with van der Waals surface area (Å²) in [5, 5.41) is 6.85. The third-order valence-electron chi connectivity index (χ3n) is 5.89. The molecule has 0 bridgehead atoms. The number of rotatable bonds is 6. The number of hydrogen-bond donors (Lipinski definition) is 2. The Bertz CT molecular complexity index is 616. The lowest BCUT2D eigenvalue weighted by Gasteiger charge is -2.30. The van der Waals surface area contributed by atoms with Gasteiger partial charge < -0.3 is 15.4 Å². The summed E-state index contributed by atoms with van der Waals surface area (Å²) in [6.45, 7) is 10.5. The molecule has 5 nitrogen and oxygen atoms in total. The van der Waals surface area contributed by atoms with Gasteiger partial charge in [0.25, 0.3) is 0 Å². The van der Waals surface area contributed by atoms with Crippen LogP contribution >= 0.6 is 0 Å². The minimum Gasteiger partial charge on any atom is -0.373 e. The van der Waals surface area contributed by atoms with Crippen LogP contribution in [0.4, 0.5) is 0 Å². The number of nitrogens with zero attached hydrogens (tertiary/aromatic N) is 2. The molecule has 2 N–H and O–H groups in total. The number of ether oxygens (including phenoxy) is 1.